The van der Waals surface area contributed by atoms with E-state index in [0.717, 1.165) is 30.6 Å². The minimum absolute atomic E-state index is 0.0258. The number of aliphatic hydroxyl groups excluding tert-OH is 1. The lowest BCUT2D eigenvalue weighted by molar-refractivity contribution is -0.123. The molecule has 1 amide bonds. The summed E-state index contributed by atoms with van der Waals surface area (Å²) >= 11 is 6.17. The van der Waals surface area contributed by atoms with E-state index in [-0.39, 0.29) is 29.3 Å². The van der Waals surface area contributed by atoms with Crippen LogP contribution >= 0.6 is 11.6 Å². The van der Waals surface area contributed by atoms with E-state index in [1.807, 2.05) is 18.2 Å². The van der Waals surface area contributed by atoms with E-state index in [9.17, 15) is 9.90 Å². The predicted molar refractivity (Wildman–Crippen MR) is 93.9 cm³/mol. The van der Waals surface area contributed by atoms with Crippen molar-refractivity contribution in [2.75, 3.05) is 33.0 Å². The zero-order valence-electron chi connectivity index (χ0n) is 14.2. The van der Waals surface area contributed by atoms with E-state index in [4.69, 9.17) is 21.1 Å². The third kappa shape index (κ3) is 3.03. The van der Waals surface area contributed by atoms with E-state index < -0.39 is 0 Å². The second kappa shape index (κ2) is 6.45. The number of hydrogen-bond acceptors (Lipinski definition) is 4. The molecule has 0 unspecified atom stereocenters. The smallest absolute Gasteiger partial charge is 0.224 e. The summed E-state index contributed by atoms with van der Waals surface area (Å²) in [4.78, 5) is 12.8. The first-order chi connectivity index (χ1) is 12.1. The van der Waals surface area contributed by atoms with Crippen LogP contribution < -0.4 is 10.1 Å². The lowest BCUT2D eigenvalue weighted by atomic mass is 9.83. The van der Waals surface area contributed by atoms with Gasteiger partial charge in [-0.25, -0.2) is 0 Å². The number of carbonyl (C=O) groups excluding carboxylic acids is 1. The Bertz CT molecular complexity index is 673. The Hall–Kier alpha value is -1.30. The molecular formula is C19H24ClNO4. The van der Waals surface area contributed by atoms with Crippen LogP contribution in [0.4, 0.5) is 0 Å². The third-order valence-corrected chi connectivity index (χ3v) is 6.38. The minimum Gasteiger partial charge on any atom is -0.493 e. The molecule has 3 atom stereocenters. The summed E-state index contributed by atoms with van der Waals surface area (Å²) in [6.45, 7) is 2.64. The topological polar surface area (TPSA) is 67.8 Å². The first-order valence-corrected chi connectivity index (χ1v) is 9.36. The molecule has 6 heteroatoms. The van der Waals surface area contributed by atoms with Gasteiger partial charge < -0.3 is 19.9 Å². The Morgan fingerprint density at radius 2 is 2.24 bits per heavy atom. The molecule has 1 aliphatic carbocycles. The van der Waals surface area contributed by atoms with Crippen LogP contribution in [0.1, 0.15) is 31.2 Å². The largest absolute Gasteiger partial charge is 0.493 e. The van der Waals surface area contributed by atoms with E-state index in [2.05, 4.69) is 5.32 Å². The molecule has 1 aromatic rings. The highest BCUT2D eigenvalue weighted by molar-refractivity contribution is 6.30. The number of halogens is 1. The normalized spacial score (nSPS) is 33.0. The maximum absolute atomic E-state index is 12.8. The van der Waals surface area contributed by atoms with Gasteiger partial charge in [-0.1, -0.05) is 11.6 Å². The number of carbonyl (C=O) groups is 1. The van der Waals surface area contributed by atoms with Gasteiger partial charge in [0.05, 0.1) is 13.2 Å². The fourth-order valence-electron chi connectivity index (χ4n) is 4.43. The Morgan fingerprint density at radius 1 is 1.36 bits per heavy atom. The summed E-state index contributed by atoms with van der Waals surface area (Å²) < 4.78 is 11.2. The molecule has 5 nitrogen and oxygen atoms in total. The third-order valence-electron chi connectivity index (χ3n) is 6.14. The van der Waals surface area contributed by atoms with Crippen LogP contribution in [0.5, 0.6) is 5.75 Å². The first-order valence-electron chi connectivity index (χ1n) is 8.98. The van der Waals surface area contributed by atoms with Gasteiger partial charge in [0.25, 0.3) is 0 Å². The monoisotopic (exact) mass is 365 g/mol. The van der Waals surface area contributed by atoms with Gasteiger partial charge in [-0.15, -0.1) is 0 Å². The molecule has 1 saturated carbocycles. The van der Waals surface area contributed by atoms with Gasteiger partial charge in [0.1, 0.15) is 5.75 Å². The van der Waals surface area contributed by atoms with Crippen LogP contribution in [-0.4, -0.2) is 44.0 Å². The number of aliphatic hydroxyl groups is 1. The van der Waals surface area contributed by atoms with Crippen LogP contribution in [-0.2, 0) is 14.9 Å². The highest BCUT2D eigenvalue weighted by atomic mass is 35.5. The summed E-state index contributed by atoms with van der Waals surface area (Å²) in [5, 5.41) is 13.1. The van der Waals surface area contributed by atoms with Gasteiger partial charge in [0.15, 0.2) is 0 Å². The lowest BCUT2D eigenvalue weighted by Crippen LogP contribution is -2.40. The van der Waals surface area contributed by atoms with Crippen molar-refractivity contribution in [1.29, 1.82) is 0 Å². The van der Waals surface area contributed by atoms with E-state index in [1.54, 1.807) is 0 Å². The van der Waals surface area contributed by atoms with Crippen LogP contribution in [0, 0.1) is 11.3 Å². The predicted octanol–water partition coefficient (Wildman–Crippen LogP) is 2.29. The summed E-state index contributed by atoms with van der Waals surface area (Å²) in [6.07, 6.45) is 3.24. The zero-order valence-corrected chi connectivity index (χ0v) is 15.0. The molecule has 25 heavy (non-hydrogen) atoms. The zero-order chi connectivity index (χ0) is 17.5. The Kier molecular flexibility index (Phi) is 4.42. The summed E-state index contributed by atoms with van der Waals surface area (Å²) in [6, 6.07) is 5.68. The number of ether oxygens (including phenoxy) is 2. The number of fused-ring (bicyclic) bond motifs is 2. The molecule has 2 N–H and O–H groups in total. The highest BCUT2D eigenvalue weighted by Crippen LogP contribution is 2.61. The van der Waals surface area contributed by atoms with Gasteiger partial charge in [-0.2, -0.15) is 0 Å². The Labute approximate surface area is 152 Å². The van der Waals surface area contributed by atoms with Crippen LogP contribution in [0.15, 0.2) is 18.2 Å². The molecule has 0 bridgehead atoms. The van der Waals surface area contributed by atoms with Crippen molar-refractivity contribution in [3.05, 3.63) is 28.8 Å². The molecule has 1 spiro atoms. The molecule has 2 aliphatic heterocycles. The quantitative estimate of drug-likeness (QED) is 0.840. The standard InChI is InChI=1S/C19H24ClNO4/c20-13-1-2-16-14(9-13)19(5-8-25-16)10-15(19)17(23)21-11-18(3-6-22)4-7-24-12-18/h1-2,9,15,22H,3-8,10-12H2,(H,21,23)/t15-,18+,19-/m0/s1. The van der Waals surface area contributed by atoms with Gasteiger partial charge in [-0.3, -0.25) is 4.79 Å². The minimum atomic E-state index is -0.126. The van der Waals surface area contributed by atoms with Crippen molar-refractivity contribution in [2.45, 2.75) is 31.1 Å². The molecule has 3 aliphatic rings. The Morgan fingerprint density at radius 3 is 3.00 bits per heavy atom. The molecule has 136 valence electrons. The van der Waals surface area contributed by atoms with Gasteiger partial charge in [-0.05, 0) is 43.9 Å². The van der Waals surface area contributed by atoms with E-state index >= 15 is 0 Å². The molecule has 2 heterocycles. The molecule has 2 fully saturated rings. The summed E-state index contributed by atoms with van der Waals surface area (Å²) in [7, 11) is 0. The van der Waals surface area contributed by atoms with Crippen molar-refractivity contribution in [3.63, 3.8) is 0 Å². The van der Waals surface area contributed by atoms with Crippen molar-refractivity contribution < 1.29 is 19.4 Å². The van der Waals surface area contributed by atoms with Gasteiger partial charge in [0, 0.05) is 47.1 Å². The Balaban J connectivity index is 1.45. The van der Waals surface area contributed by atoms with E-state index in [1.165, 1.54) is 0 Å². The maximum atomic E-state index is 12.8. The second-order valence-corrected chi connectivity index (χ2v) is 8.08. The average molecular weight is 366 g/mol. The number of amides is 1. The summed E-state index contributed by atoms with van der Waals surface area (Å²) in [5.74, 6) is 0.922. The van der Waals surface area contributed by atoms with Crippen LogP contribution in [0.25, 0.3) is 0 Å². The SMILES string of the molecule is O=C(NC[C@@]1(CCO)CCOC1)[C@@H]1C[C@]12CCOc1ccc(Cl)cc12. The second-order valence-electron chi connectivity index (χ2n) is 7.65. The average Bonchev–Trinajstić information content (AvgIpc) is 3.13. The van der Waals surface area contributed by atoms with Gasteiger partial charge in [0.2, 0.25) is 5.91 Å². The lowest BCUT2D eigenvalue weighted by Gasteiger charge is -2.28. The summed E-state index contributed by atoms with van der Waals surface area (Å²) in [5.41, 5.74) is 0.822. The van der Waals surface area contributed by atoms with Crippen molar-refractivity contribution >= 4 is 17.5 Å². The van der Waals surface area contributed by atoms with Crippen molar-refractivity contribution in [1.82, 2.24) is 5.32 Å². The fraction of sp³-hybridized carbons (Fsp3) is 0.632. The molecule has 1 aromatic carbocycles. The van der Waals surface area contributed by atoms with Gasteiger partial charge >= 0.3 is 0 Å². The molecule has 1 saturated heterocycles. The van der Waals surface area contributed by atoms with E-state index in [0.29, 0.717) is 37.8 Å². The molecule has 0 aromatic heterocycles. The number of benzene rings is 1. The molecule has 0 radical (unpaired) electrons. The maximum Gasteiger partial charge on any atom is 0.224 e. The number of nitrogens with one attached hydrogen (secondary N) is 1. The van der Waals surface area contributed by atoms with Crippen LogP contribution in [0.2, 0.25) is 5.02 Å². The number of hydrogen-bond donors (Lipinski definition) is 2. The fourth-order valence-corrected chi connectivity index (χ4v) is 4.60. The highest BCUT2D eigenvalue weighted by Gasteiger charge is 2.61. The van der Waals surface area contributed by atoms with Crippen molar-refractivity contribution in [2.24, 2.45) is 11.3 Å². The van der Waals surface area contributed by atoms with Crippen LogP contribution in [0.3, 0.4) is 0 Å². The number of rotatable bonds is 5. The molecular weight excluding hydrogens is 342 g/mol. The molecule has 4 rings (SSSR count). The first kappa shape index (κ1) is 17.1. The van der Waals surface area contributed by atoms with Crippen molar-refractivity contribution in [3.8, 4) is 5.75 Å².